The maximum Gasteiger partial charge on any atom is 0.417 e. The molecule has 0 aliphatic rings. The van der Waals surface area contributed by atoms with Crippen LogP contribution in [0.1, 0.15) is 30.9 Å². The lowest BCUT2D eigenvalue weighted by Crippen LogP contribution is -2.05. The number of fused-ring (bicyclic) bond motifs is 7. The lowest BCUT2D eigenvalue weighted by Gasteiger charge is -2.19. The SMILES string of the molecule is CC(C)c1c2ccccc2cc2c3nccc4ccc5c6c(C(F)(F)F)cccc6n(c12)c5c43. The van der Waals surface area contributed by atoms with Crippen molar-refractivity contribution in [3.05, 3.63) is 84.1 Å². The first-order valence-corrected chi connectivity index (χ1v) is 11.3. The summed E-state index contributed by atoms with van der Waals surface area (Å²) < 4.78 is 44.6. The average Bonchev–Trinajstić information content (AvgIpc) is 3.16. The van der Waals surface area contributed by atoms with Crippen LogP contribution < -0.4 is 0 Å². The Morgan fingerprint density at radius 1 is 0.765 bits per heavy atom. The van der Waals surface area contributed by atoms with Gasteiger partial charge in [-0.1, -0.05) is 56.3 Å². The number of alkyl halides is 3. The fourth-order valence-electron chi connectivity index (χ4n) is 5.86. The fourth-order valence-corrected chi connectivity index (χ4v) is 5.86. The molecule has 0 amide bonds. The summed E-state index contributed by atoms with van der Waals surface area (Å²) in [5.41, 5.74) is 3.66. The normalized spacial score (nSPS) is 13.1. The molecule has 166 valence electrons. The average molecular weight is 452 g/mol. The Bertz CT molecular complexity index is 1930. The third-order valence-corrected chi connectivity index (χ3v) is 7.10. The van der Waals surface area contributed by atoms with Gasteiger partial charge in [-0.25, -0.2) is 0 Å². The van der Waals surface area contributed by atoms with E-state index in [2.05, 4.69) is 36.4 Å². The molecule has 7 aromatic rings. The van der Waals surface area contributed by atoms with E-state index < -0.39 is 11.7 Å². The molecule has 3 heterocycles. The Labute approximate surface area is 192 Å². The summed E-state index contributed by atoms with van der Waals surface area (Å²) in [6, 6.07) is 20.5. The first-order valence-electron chi connectivity index (χ1n) is 11.3. The van der Waals surface area contributed by atoms with E-state index in [1.807, 2.05) is 30.3 Å². The van der Waals surface area contributed by atoms with Crippen LogP contribution in [-0.4, -0.2) is 9.38 Å². The number of rotatable bonds is 1. The van der Waals surface area contributed by atoms with Gasteiger partial charge in [0.1, 0.15) is 0 Å². The lowest BCUT2D eigenvalue weighted by atomic mass is 9.91. The van der Waals surface area contributed by atoms with E-state index in [1.54, 1.807) is 12.3 Å². The second kappa shape index (κ2) is 6.38. The van der Waals surface area contributed by atoms with Gasteiger partial charge >= 0.3 is 6.18 Å². The maximum absolute atomic E-state index is 14.2. The van der Waals surface area contributed by atoms with Gasteiger partial charge in [0.25, 0.3) is 0 Å². The van der Waals surface area contributed by atoms with Crippen molar-refractivity contribution in [1.29, 1.82) is 0 Å². The molecule has 34 heavy (non-hydrogen) atoms. The molecule has 3 aromatic heterocycles. The third kappa shape index (κ3) is 2.34. The van der Waals surface area contributed by atoms with Crippen LogP contribution in [0.5, 0.6) is 0 Å². The highest BCUT2D eigenvalue weighted by Crippen LogP contribution is 2.46. The van der Waals surface area contributed by atoms with Crippen molar-refractivity contribution in [1.82, 2.24) is 9.38 Å². The summed E-state index contributed by atoms with van der Waals surface area (Å²) in [6.45, 7) is 4.28. The van der Waals surface area contributed by atoms with Crippen LogP contribution in [0.3, 0.4) is 0 Å². The first kappa shape index (κ1) is 19.6. The first-order chi connectivity index (χ1) is 16.4. The van der Waals surface area contributed by atoms with Gasteiger partial charge in [0.05, 0.1) is 27.6 Å². The van der Waals surface area contributed by atoms with Crippen LogP contribution in [0.2, 0.25) is 0 Å². The Hall–Kier alpha value is -3.86. The standard InChI is InChI=1S/C29H19F3N2/c1-15(2)23-18-7-4-3-6-17(18)14-20-26-24-16(12-13-33-26)10-11-19-25-21(29(30,31)32)8-5-9-22(25)34(27(19)24)28(20)23/h3-15H,1-2H3. The quantitative estimate of drug-likeness (QED) is 0.180. The minimum Gasteiger partial charge on any atom is -0.308 e. The Kier molecular flexibility index (Phi) is 3.68. The molecule has 0 fully saturated rings. The zero-order valence-corrected chi connectivity index (χ0v) is 18.5. The largest absolute Gasteiger partial charge is 0.417 e. The van der Waals surface area contributed by atoms with Gasteiger partial charge < -0.3 is 4.40 Å². The Morgan fingerprint density at radius 2 is 1.59 bits per heavy atom. The smallest absolute Gasteiger partial charge is 0.308 e. The molecule has 0 aliphatic carbocycles. The van der Waals surface area contributed by atoms with Crippen LogP contribution in [0.15, 0.2) is 72.9 Å². The molecular formula is C29H19F3N2. The van der Waals surface area contributed by atoms with E-state index in [9.17, 15) is 13.2 Å². The molecular weight excluding hydrogens is 433 g/mol. The van der Waals surface area contributed by atoms with Gasteiger partial charge in [0, 0.05) is 27.7 Å². The highest BCUT2D eigenvalue weighted by Gasteiger charge is 2.35. The number of hydrogen-bond acceptors (Lipinski definition) is 1. The van der Waals surface area contributed by atoms with Crippen LogP contribution in [0.4, 0.5) is 13.2 Å². The van der Waals surface area contributed by atoms with Crippen LogP contribution in [0.25, 0.3) is 59.8 Å². The second-order valence-corrected chi connectivity index (χ2v) is 9.31. The van der Waals surface area contributed by atoms with Crippen LogP contribution >= 0.6 is 0 Å². The number of pyridine rings is 2. The summed E-state index contributed by atoms with van der Waals surface area (Å²) >= 11 is 0. The molecule has 7 rings (SSSR count). The molecule has 2 nitrogen and oxygen atoms in total. The molecule has 4 aromatic carbocycles. The number of hydrogen-bond donors (Lipinski definition) is 0. The van der Waals surface area contributed by atoms with Crippen molar-refractivity contribution in [2.24, 2.45) is 0 Å². The monoisotopic (exact) mass is 452 g/mol. The zero-order chi connectivity index (χ0) is 23.4. The van der Waals surface area contributed by atoms with E-state index in [1.165, 1.54) is 12.1 Å². The molecule has 5 heteroatoms. The molecule has 0 aliphatic heterocycles. The summed E-state index contributed by atoms with van der Waals surface area (Å²) in [6.07, 6.45) is -2.66. The van der Waals surface area contributed by atoms with E-state index in [4.69, 9.17) is 4.98 Å². The molecule has 0 radical (unpaired) electrons. The van der Waals surface area contributed by atoms with Crippen molar-refractivity contribution < 1.29 is 13.2 Å². The summed E-state index contributed by atoms with van der Waals surface area (Å²) in [7, 11) is 0. The third-order valence-electron chi connectivity index (χ3n) is 7.10. The summed E-state index contributed by atoms with van der Waals surface area (Å²) in [5, 5.41) is 5.91. The van der Waals surface area contributed by atoms with Gasteiger partial charge in [0.2, 0.25) is 0 Å². The predicted octanol–water partition coefficient (Wildman–Crippen LogP) is 8.68. The predicted molar refractivity (Wildman–Crippen MR) is 133 cm³/mol. The lowest BCUT2D eigenvalue weighted by molar-refractivity contribution is -0.136. The van der Waals surface area contributed by atoms with Crippen molar-refractivity contribution >= 4 is 59.8 Å². The summed E-state index contributed by atoms with van der Waals surface area (Å²) in [5.74, 6) is 0.155. The maximum atomic E-state index is 14.2. The van der Waals surface area contributed by atoms with Gasteiger partial charge in [-0.05, 0) is 51.9 Å². The van der Waals surface area contributed by atoms with E-state index >= 15 is 0 Å². The molecule has 0 spiro atoms. The Balaban J connectivity index is 1.93. The minimum absolute atomic E-state index is 0.155. The fraction of sp³-hybridized carbons (Fsp3) is 0.138. The van der Waals surface area contributed by atoms with Crippen molar-refractivity contribution in [3.63, 3.8) is 0 Å². The van der Waals surface area contributed by atoms with Gasteiger partial charge in [-0.15, -0.1) is 0 Å². The second-order valence-electron chi connectivity index (χ2n) is 9.31. The zero-order valence-electron chi connectivity index (χ0n) is 18.5. The molecule has 0 saturated heterocycles. The number of aromatic nitrogens is 2. The number of nitrogens with zero attached hydrogens (tertiary/aromatic N) is 2. The molecule has 0 bridgehead atoms. The number of halogens is 3. The van der Waals surface area contributed by atoms with Gasteiger partial charge in [-0.2, -0.15) is 13.2 Å². The highest BCUT2D eigenvalue weighted by atomic mass is 19.4. The van der Waals surface area contributed by atoms with Crippen molar-refractivity contribution in [2.75, 3.05) is 0 Å². The van der Waals surface area contributed by atoms with E-state index in [-0.39, 0.29) is 11.3 Å². The molecule has 0 unspecified atom stereocenters. The Morgan fingerprint density at radius 3 is 2.38 bits per heavy atom. The van der Waals surface area contributed by atoms with Gasteiger partial charge in [0.15, 0.2) is 0 Å². The summed E-state index contributed by atoms with van der Waals surface area (Å²) in [4.78, 5) is 4.77. The van der Waals surface area contributed by atoms with Gasteiger partial charge in [-0.3, -0.25) is 4.98 Å². The molecule has 0 N–H and O–H groups in total. The van der Waals surface area contributed by atoms with Crippen molar-refractivity contribution in [3.8, 4) is 0 Å². The number of benzene rings is 4. The topological polar surface area (TPSA) is 17.3 Å². The van der Waals surface area contributed by atoms with Crippen LogP contribution in [0, 0.1) is 0 Å². The van der Waals surface area contributed by atoms with E-state index in [0.29, 0.717) is 10.9 Å². The molecule has 0 atom stereocenters. The molecule has 0 saturated carbocycles. The highest BCUT2D eigenvalue weighted by molar-refractivity contribution is 6.29. The van der Waals surface area contributed by atoms with Crippen LogP contribution in [-0.2, 0) is 6.18 Å². The van der Waals surface area contributed by atoms with Crippen molar-refractivity contribution in [2.45, 2.75) is 25.9 Å². The van der Waals surface area contributed by atoms with E-state index in [0.717, 1.165) is 49.0 Å². The minimum atomic E-state index is -4.45.